The SMILES string of the molecule is C=CCN1C(=O)C(=Cc2ccc(OCCCOc3ccc(C(C)CC)cc3)cc2)SC1=S. The summed E-state index contributed by atoms with van der Waals surface area (Å²) in [5.74, 6) is 2.18. The summed E-state index contributed by atoms with van der Waals surface area (Å²) in [5, 5.41) is 0. The summed E-state index contributed by atoms with van der Waals surface area (Å²) in [6, 6.07) is 16.0. The molecule has 0 aromatic heterocycles. The number of carbonyl (C=O) groups is 1. The van der Waals surface area contributed by atoms with Crippen molar-refractivity contribution in [3.8, 4) is 11.5 Å². The summed E-state index contributed by atoms with van der Waals surface area (Å²) < 4.78 is 12.2. The fourth-order valence-electron chi connectivity index (χ4n) is 3.17. The number of thioether (sulfide) groups is 1. The van der Waals surface area contributed by atoms with Gasteiger partial charge in [0, 0.05) is 13.0 Å². The van der Waals surface area contributed by atoms with Crippen molar-refractivity contribution in [2.75, 3.05) is 19.8 Å². The quantitative estimate of drug-likeness (QED) is 0.165. The van der Waals surface area contributed by atoms with Crippen molar-refractivity contribution in [3.63, 3.8) is 0 Å². The van der Waals surface area contributed by atoms with E-state index in [-0.39, 0.29) is 5.91 Å². The average molecular weight is 468 g/mol. The maximum Gasteiger partial charge on any atom is 0.266 e. The summed E-state index contributed by atoms with van der Waals surface area (Å²) in [4.78, 5) is 14.6. The molecule has 32 heavy (non-hydrogen) atoms. The van der Waals surface area contributed by atoms with Crippen LogP contribution in [0.2, 0.25) is 0 Å². The molecule has 4 nitrogen and oxygen atoms in total. The fourth-order valence-corrected chi connectivity index (χ4v) is 4.44. The summed E-state index contributed by atoms with van der Waals surface area (Å²) in [5.41, 5.74) is 2.27. The van der Waals surface area contributed by atoms with Crippen LogP contribution in [-0.2, 0) is 4.79 Å². The maximum absolute atomic E-state index is 12.4. The van der Waals surface area contributed by atoms with Crippen LogP contribution in [0, 0.1) is 0 Å². The van der Waals surface area contributed by atoms with Crippen LogP contribution in [0.3, 0.4) is 0 Å². The second kappa shape index (κ2) is 11.9. The molecule has 3 rings (SSSR count). The number of carbonyl (C=O) groups excluding carboxylic acids is 1. The Morgan fingerprint density at radius 2 is 1.66 bits per heavy atom. The van der Waals surface area contributed by atoms with Crippen LogP contribution in [0.5, 0.6) is 11.5 Å². The predicted octanol–water partition coefficient (Wildman–Crippen LogP) is 6.44. The van der Waals surface area contributed by atoms with E-state index in [1.807, 2.05) is 42.5 Å². The fraction of sp³-hybridized carbons (Fsp3) is 0.308. The minimum atomic E-state index is -0.0743. The zero-order valence-corrected chi connectivity index (χ0v) is 20.2. The van der Waals surface area contributed by atoms with E-state index in [0.717, 1.165) is 29.9 Å². The van der Waals surface area contributed by atoms with Gasteiger partial charge in [-0.25, -0.2) is 0 Å². The lowest BCUT2D eigenvalue weighted by Crippen LogP contribution is -2.27. The number of hydrogen-bond donors (Lipinski definition) is 0. The molecule has 1 unspecified atom stereocenters. The minimum Gasteiger partial charge on any atom is -0.493 e. The number of thiocarbonyl (C=S) groups is 1. The highest BCUT2D eigenvalue weighted by molar-refractivity contribution is 8.26. The molecule has 1 amide bonds. The first-order chi connectivity index (χ1) is 15.5. The van der Waals surface area contributed by atoms with Gasteiger partial charge in [-0.2, -0.15) is 0 Å². The summed E-state index contributed by atoms with van der Waals surface area (Å²) >= 11 is 6.58. The van der Waals surface area contributed by atoms with Gasteiger partial charge < -0.3 is 9.47 Å². The highest BCUT2D eigenvalue weighted by Gasteiger charge is 2.30. The Morgan fingerprint density at radius 1 is 1.06 bits per heavy atom. The molecule has 0 radical (unpaired) electrons. The van der Waals surface area contributed by atoms with Gasteiger partial charge in [-0.15, -0.1) is 6.58 Å². The van der Waals surface area contributed by atoms with Crippen LogP contribution in [-0.4, -0.2) is 34.9 Å². The van der Waals surface area contributed by atoms with Gasteiger partial charge >= 0.3 is 0 Å². The Balaban J connectivity index is 1.42. The van der Waals surface area contributed by atoms with E-state index < -0.39 is 0 Å². The van der Waals surface area contributed by atoms with Gasteiger partial charge in [0.25, 0.3) is 5.91 Å². The van der Waals surface area contributed by atoms with Crippen molar-refractivity contribution >= 4 is 40.3 Å². The molecule has 6 heteroatoms. The molecule has 1 atom stereocenters. The first-order valence-electron chi connectivity index (χ1n) is 10.8. The van der Waals surface area contributed by atoms with Crippen molar-refractivity contribution < 1.29 is 14.3 Å². The van der Waals surface area contributed by atoms with Gasteiger partial charge in [0.05, 0.1) is 18.1 Å². The highest BCUT2D eigenvalue weighted by Crippen LogP contribution is 2.32. The number of benzene rings is 2. The second-order valence-corrected chi connectivity index (χ2v) is 9.25. The largest absolute Gasteiger partial charge is 0.493 e. The molecule has 1 fully saturated rings. The summed E-state index contributed by atoms with van der Waals surface area (Å²) in [6.45, 7) is 9.71. The minimum absolute atomic E-state index is 0.0743. The lowest BCUT2D eigenvalue weighted by Gasteiger charge is -2.11. The number of nitrogens with zero attached hydrogens (tertiary/aromatic N) is 1. The lowest BCUT2D eigenvalue weighted by atomic mass is 9.99. The standard InChI is InChI=1S/C26H29NO3S2/c1-4-15-27-25(28)24(32-26(27)31)18-20-7-11-22(12-8-20)29-16-6-17-30-23-13-9-21(10-14-23)19(3)5-2/h4,7-14,18-19H,1,5-6,15-17H2,2-3H3. The lowest BCUT2D eigenvalue weighted by molar-refractivity contribution is -0.121. The number of ether oxygens (including phenoxy) is 2. The average Bonchev–Trinajstić information content (AvgIpc) is 3.07. The maximum atomic E-state index is 12.4. The van der Waals surface area contributed by atoms with Gasteiger partial charge in [-0.3, -0.25) is 9.69 Å². The zero-order chi connectivity index (χ0) is 22.9. The monoisotopic (exact) mass is 467 g/mol. The van der Waals surface area contributed by atoms with E-state index in [4.69, 9.17) is 21.7 Å². The third-order valence-corrected chi connectivity index (χ3v) is 6.63. The summed E-state index contributed by atoms with van der Waals surface area (Å²) in [7, 11) is 0. The molecular formula is C26H29NO3S2. The van der Waals surface area contributed by atoms with Crippen LogP contribution in [0.4, 0.5) is 0 Å². The van der Waals surface area contributed by atoms with E-state index in [9.17, 15) is 4.79 Å². The predicted molar refractivity (Wildman–Crippen MR) is 137 cm³/mol. The number of rotatable bonds is 11. The number of hydrogen-bond acceptors (Lipinski definition) is 5. The van der Waals surface area contributed by atoms with Gasteiger partial charge in [0.2, 0.25) is 0 Å². The van der Waals surface area contributed by atoms with Crippen molar-refractivity contribution in [3.05, 3.63) is 77.2 Å². The molecule has 1 aliphatic heterocycles. The van der Waals surface area contributed by atoms with E-state index in [2.05, 4.69) is 32.6 Å². The van der Waals surface area contributed by atoms with Crippen molar-refractivity contribution in [2.24, 2.45) is 0 Å². The van der Waals surface area contributed by atoms with Gasteiger partial charge in [0.15, 0.2) is 0 Å². The molecule has 2 aromatic carbocycles. The molecule has 1 saturated heterocycles. The van der Waals surface area contributed by atoms with Crippen LogP contribution in [0.15, 0.2) is 66.1 Å². The van der Waals surface area contributed by atoms with E-state index >= 15 is 0 Å². The van der Waals surface area contributed by atoms with Crippen molar-refractivity contribution in [1.29, 1.82) is 0 Å². The van der Waals surface area contributed by atoms with Crippen LogP contribution in [0.25, 0.3) is 6.08 Å². The van der Waals surface area contributed by atoms with Gasteiger partial charge in [-0.05, 0) is 53.8 Å². The molecule has 0 N–H and O–H groups in total. The molecule has 168 valence electrons. The van der Waals surface area contributed by atoms with E-state index in [0.29, 0.717) is 34.9 Å². The first kappa shape index (κ1) is 24.1. The number of amides is 1. The Bertz CT molecular complexity index is 968. The van der Waals surface area contributed by atoms with Crippen LogP contribution in [0.1, 0.15) is 43.7 Å². The third kappa shape index (κ3) is 6.47. The second-order valence-electron chi connectivity index (χ2n) is 7.58. The van der Waals surface area contributed by atoms with Gasteiger partial charge in [0.1, 0.15) is 15.8 Å². The Morgan fingerprint density at radius 3 is 2.22 bits per heavy atom. The topological polar surface area (TPSA) is 38.8 Å². The zero-order valence-electron chi connectivity index (χ0n) is 18.6. The molecule has 2 aromatic rings. The van der Waals surface area contributed by atoms with Crippen molar-refractivity contribution in [2.45, 2.75) is 32.6 Å². The molecule has 0 aliphatic carbocycles. The van der Waals surface area contributed by atoms with E-state index in [1.165, 1.54) is 17.3 Å². The molecule has 1 aliphatic rings. The smallest absolute Gasteiger partial charge is 0.266 e. The van der Waals surface area contributed by atoms with Crippen molar-refractivity contribution in [1.82, 2.24) is 4.90 Å². The normalized spacial score (nSPS) is 15.8. The van der Waals surface area contributed by atoms with Gasteiger partial charge in [-0.1, -0.05) is 68.2 Å². The van der Waals surface area contributed by atoms with Crippen LogP contribution >= 0.6 is 24.0 Å². The first-order valence-corrected chi connectivity index (χ1v) is 12.1. The molecular weight excluding hydrogens is 438 g/mol. The van der Waals surface area contributed by atoms with E-state index in [1.54, 1.807) is 11.0 Å². The van der Waals surface area contributed by atoms with Crippen LogP contribution < -0.4 is 9.47 Å². The Kier molecular flexibility index (Phi) is 8.94. The highest BCUT2D eigenvalue weighted by atomic mass is 32.2. The summed E-state index contributed by atoms with van der Waals surface area (Å²) in [6.07, 6.45) is 5.46. The molecule has 0 bridgehead atoms. The Labute approximate surface area is 200 Å². The third-order valence-electron chi connectivity index (χ3n) is 5.25. The Hall–Kier alpha value is -2.57. The molecule has 0 spiro atoms. The molecule has 1 heterocycles. The molecule has 0 saturated carbocycles.